The van der Waals surface area contributed by atoms with E-state index in [4.69, 9.17) is 0 Å². The standard InChI is InChI=1S/C13H22F4N2O/c1-9-5-4-6-12(7-9,19(2)3)8-18-11(20)13(16,17)10(14)15/h9-10H,4-8H2,1-3H3,(H,18,20). The van der Waals surface area contributed by atoms with Gasteiger partial charge in [-0.3, -0.25) is 4.79 Å². The van der Waals surface area contributed by atoms with Crippen LogP contribution in [0.15, 0.2) is 0 Å². The molecule has 1 aliphatic rings. The molecular weight excluding hydrogens is 276 g/mol. The van der Waals surface area contributed by atoms with Crippen molar-refractivity contribution in [1.29, 1.82) is 0 Å². The lowest BCUT2D eigenvalue weighted by Crippen LogP contribution is -2.57. The first-order chi connectivity index (χ1) is 9.12. The lowest BCUT2D eigenvalue weighted by atomic mass is 9.75. The molecule has 1 saturated carbocycles. The zero-order valence-electron chi connectivity index (χ0n) is 12.1. The summed E-state index contributed by atoms with van der Waals surface area (Å²) >= 11 is 0. The van der Waals surface area contributed by atoms with Crippen LogP contribution in [0, 0.1) is 5.92 Å². The molecule has 1 N–H and O–H groups in total. The molecule has 0 spiro atoms. The van der Waals surface area contributed by atoms with Crippen molar-refractivity contribution in [1.82, 2.24) is 10.2 Å². The van der Waals surface area contributed by atoms with Crippen molar-refractivity contribution in [3.05, 3.63) is 0 Å². The van der Waals surface area contributed by atoms with E-state index in [9.17, 15) is 22.4 Å². The summed E-state index contributed by atoms with van der Waals surface area (Å²) in [5.41, 5.74) is -0.439. The number of halogens is 4. The molecule has 1 fully saturated rings. The Hall–Kier alpha value is -0.850. The van der Waals surface area contributed by atoms with Crippen LogP contribution in [0.4, 0.5) is 17.6 Å². The van der Waals surface area contributed by atoms with E-state index >= 15 is 0 Å². The van der Waals surface area contributed by atoms with E-state index < -0.39 is 23.8 Å². The predicted octanol–water partition coefficient (Wildman–Crippen LogP) is 2.51. The van der Waals surface area contributed by atoms with Gasteiger partial charge in [0.05, 0.1) is 0 Å². The van der Waals surface area contributed by atoms with Crippen molar-refractivity contribution < 1.29 is 22.4 Å². The summed E-state index contributed by atoms with van der Waals surface area (Å²) in [4.78, 5) is 13.1. The third kappa shape index (κ3) is 3.62. The molecule has 1 aliphatic carbocycles. The van der Waals surface area contributed by atoms with Gasteiger partial charge in [0.15, 0.2) is 0 Å². The van der Waals surface area contributed by atoms with E-state index in [1.807, 2.05) is 24.3 Å². The van der Waals surface area contributed by atoms with E-state index in [1.165, 1.54) is 0 Å². The minimum Gasteiger partial charge on any atom is -0.349 e. The van der Waals surface area contributed by atoms with Crippen molar-refractivity contribution in [3.63, 3.8) is 0 Å². The Labute approximate surface area is 116 Å². The first-order valence-corrected chi connectivity index (χ1v) is 6.73. The number of carbonyl (C=O) groups is 1. The minimum atomic E-state index is -4.63. The third-order valence-electron chi connectivity index (χ3n) is 4.17. The van der Waals surface area contributed by atoms with Gasteiger partial charge in [-0.25, -0.2) is 8.78 Å². The highest BCUT2D eigenvalue weighted by Crippen LogP contribution is 2.35. The summed E-state index contributed by atoms with van der Waals surface area (Å²) in [5.74, 6) is -6.11. The molecule has 0 aromatic carbocycles. The molecule has 0 radical (unpaired) electrons. The average molecular weight is 298 g/mol. The van der Waals surface area contributed by atoms with Crippen molar-refractivity contribution in [2.24, 2.45) is 5.92 Å². The topological polar surface area (TPSA) is 32.3 Å². The molecule has 118 valence electrons. The monoisotopic (exact) mass is 298 g/mol. The maximum absolute atomic E-state index is 12.9. The molecule has 3 nitrogen and oxygen atoms in total. The minimum absolute atomic E-state index is 0.0362. The van der Waals surface area contributed by atoms with Gasteiger partial charge in [-0.1, -0.05) is 19.8 Å². The summed E-state index contributed by atoms with van der Waals surface area (Å²) < 4.78 is 50.1. The Balaban J connectivity index is 2.71. The van der Waals surface area contributed by atoms with Gasteiger partial charge in [0, 0.05) is 12.1 Å². The lowest BCUT2D eigenvalue weighted by Gasteiger charge is -2.45. The van der Waals surface area contributed by atoms with E-state index in [1.54, 1.807) is 0 Å². The number of likely N-dealkylation sites (N-methyl/N-ethyl adjacent to an activating group) is 1. The Bertz CT molecular complexity index is 349. The fourth-order valence-corrected chi connectivity index (χ4v) is 2.82. The van der Waals surface area contributed by atoms with Crippen LogP contribution in [0.3, 0.4) is 0 Å². The van der Waals surface area contributed by atoms with E-state index in [2.05, 4.69) is 6.92 Å². The van der Waals surface area contributed by atoms with Gasteiger partial charge in [0.25, 0.3) is 5.91 Å². The molecule has 7 heteroatoms. The van der Waals surface area contributed by atoms with Crippen molar-refractivity contribution in [2.45, 2.75) is 50.5 Å². The first-order valence-electron chi connectivity index (χ1n) is 6.73. The normalized spacial score (nSPS) is 27.9. The Morgan fingerprint density at radius 1 is 1.45 bits per heavy atom. The van der Waals surface area contributed by atoms with Crippen molar-refractivity contribution >= 4 is 5.91 Å². The number of nitrogens with zero attached hydrogens (tertiary/aromatic N) is 1. The molecule has 20 heavy (non-hydrogen) atoms. The molecular formula is C13H22F4N2O. The van der Waals surface area contributed by atoms with Crippen LogP contribution in [0.5, 0.6) is 0 Å². The van der Waals surface area contributed by atoms with Crippen LogP contribution < -0.4 is 5.32 Å². The fraction of sp³-hybridized carbons (Fsp3) is 0.923. The second-order valence-electron chi connectivity index (χ2n) is 5.93. The number of hydrogen-bond donors (Lipinski definition) is 1. The van der Waals surface area contributed by atoms with Crippen LogP contribution in [-0.2, 0) is 4.79 Å². The quantitative estimate of drug-likeness (QED) is 0.791. The second-order valence-corrected chi connectivity index (χ2v) is 5.93. The summed E-state index contributed by atoms with van der Waals surface area (Å²) in [5, 5.41) is 2.01. The van der Waals surface area contributed by atoms with Gasteiger partial charge in [0.2, 0.25) is 0 Å². The number of nitrogens with one attached hydrogen (secondary N) is 1. The summed E-state index contributed by atoms with van der Waals surface area (Å²) in [6, 6.07) is 0. The average Bonchev–Trinajstić information content (AvgIpc) is 2.35. The molecule has 1 amide bonds. The molecule has 0 aliphatic heterocycles. The number of alkyl halides is 4. The first kappa shape index (κ1) is 17.2. The summed E-state index contributed by atoms with van der Waals surface area (Å²) in [7, 11) is 3.63. The van der Waals surface area contributed by atoms with Gasteiger partial charge in [-0.05, 0) is 32.9 Å². The molecule has 0 aromatic heterocycles. The Morgan fingerprint density at radius 2 is 2.05 bits per heavy atom. The molecule has 0 bridgehead atoms. The van der Waals surface area contributed by atoms with Crippen LogP contribution >= 0.6 is 0 Å². The zero-order chi connectivity index (χ0) is 15.6. The highest BCUT2D eigenvalue weighted by molar-refractivity contribution is 5.83. The maximum atomic E-state index is 12.9. The Kier molecular flexibility index (Phi) is 5.40. The SMILES string of the molecule is CC1CCCC(CNC(=O)C(F)(F)C(F)F)(N(C)C)C1. The maximum Gasteiger partial charge on any atom is 0.383 e. The molecule has 0 aromatic rings. The number of rotatable bonds is 5. The van der Waals surface area contributed by atoms with E-state index in [-0.39, 0.29) is 6.54 Å². The number of hydrogen-bond acceptors (Lipinski definition) is 2. The van der Waals surface area contributed by atoms with Crippen LogP contribution in [0.25, 0.3) is 0 Å². The van der Waals surface area contributed by atoms with Crippen LogP contribution in [0.1, 0.15) is 32.6 Å². The van der Waals surface area contributed by atoms with E-state index in [0.717, 1.165) is 25.7 Å². The van der Waals surface area contributed by atoms with Gasteiger partial charge >= 0.3 is 12.3 Å². The van der Waals surface area contributed by atoms with Gasteiger partial charge in [0.1, 0.15) is 0 Å². The Morgan fingerprint density at radius 3 is 2.50 bits per heavy atom. The van der Waals surface area contributed by atoms with Crippen LogP contribution in [0.2, 0.25) is 0 Å². The highest BCUT2D eigenvalue weighted by atomic mass is 19.3. The van der Waals surface area contributed by atoms with E-state index in [0.29, 0.717) is 5.92 Å². The molecule has 0 saturated heterocycles. The lowest BCUT2D eigenvalue weighted by molar-refractivity contribution is -0.170. The number of carbonyl (C=O) groups excluding carboxylic acids is 1. The molecule has 1 rings (SSSR count). The highest BCUT2D eigenvalue weighted by Gasteiger charge is 2.49. The van der Waals surface area contributed by atoms with Gasteiger partial charge in [-0.2, -0.15) is 8.78 Å². The van der Waals surface area contributed by atoms with Crippen LogP contribution in [-0.4, -0.2) is 49.3 Å². The fourth-order valence-electron chi connectivity index (χ4n) is 2.82. The summed E-state index contributed by atoms with van der Waals surface area (Å²) in [6.45, 7) is 2.03. The molecule has 0 heterocycles. The third-order valence-corrected chi connectivity index (χ3v) is 4.17. The smallest absolute Gasteiger partial charge is 0.349 e. The predicted molar refractivity (Wildman–Crippen MR) is 68.0 cm³/mol. The zero-order valence-corrected chi connectivity index (χ0v) is 12.1. The largest absolute Gasteiger partial charge is 0.383 e. The van der Waals surface area contributed by atoms with Gasteiger partial charge in [-0.15, -0.1) is 0 Å². The molecule has 2 atom stereocenters. The van der Waals surface area contributed by atoms with Crippen molar-refractivity contribution in [3.8, 4) is 0 Å². The summed E-state index contributed by atoms with van der Waals surface area (Å²) in [6.07, 6.45) is -0.495. The van der Waals surface area contributed by atoms with Crippen molar-refractivity contribution in [2.75, 3.05) is 20.6 Å². The molecule has 2 unspecified atom stereocenters. The second kappa shape index (κ2) is 6.28. The van der Waals surface area contributed by atoms with Gasteiger partial charge < -0.3 is 10.2 Å². The number of amides is 1.